The molecule has 0 spiro atoms. The van der Waals surface area contributed by atoms with E-state index >= 15 is 0 Å². The number of hydrogen-bond acceptors (Lipinski definition) is 4. The molecular weight excluding hydrogens is 276 g/mol. The minimum Gasteiger partial charge on any atom is -0.320 e. The molecule has 2 rings (SSSR count). The van der Waals surface area contributed by atoms with E-state index in [1.165, 1.54) is 24.3 Å². The lowest BCUT2D eigenvalue weighted by Crippen LogP contribution is -2.13. The smallest absolute Gasteiger partial charge is 0.255 e. The molecule has 0 fully saturated rings. The highest BCUT2D eigenvalue weighted by atomic mass is 32.2. The number of pyridine rings is 1. The molecule has 0 aliphatic carbocycles. The van der Waals surface area contributed by atoms with Crippen molar-refractivity contribution >= 4 is 21.4 Å². The lowest BCUT2D eigenvalue weighted by atomic mass is 10.2. The van der Waals surface area contributed by atoms with Gasteiger partial charge in [0.05, 0.1) is 16.8 Å². The summed E-state index contributed by atoms with van der Waals surface area (Å²) >= 11 is 0. The van der Waals surface area contributed by atoms with Gasteiger partial charge < -0.3 is 5.32 Å². The van der Waals surface area contributed by atoms with Gasteiger partial charge in [-0.15, -0.1) is 0 Å². The van der Waals surface area contributed by atoms with Gasteiger partial charge in [0.25, 0.3) is 5.91 Å². The molecule has 0 aliphatic heterocycles. The van der Waals surface area contributed by atoms with E-state index < -0.39 is 9.84 Å². The van der Waals surface area contributed by atoms with E-state index in [0.29, 0.717) is 11.3 Å². The second-order valence-corrected chi connectivity index (χ2v) is 6.46. The third-order valence-electron chi connectivity index (χ3n) is 2.83. The Morgan fingerprint density at radius 2 is 1.80 bits per heavy atom. The summed E-state index contributed by atoms with van der Waals surface area (Å²) in [6.45, 7) is 1.87. The number of carbonyl (C=O) groups is 1. The fraction of sp³-hybridized carbons (Fsp3) is 0.143. The first-order valence-electron chi connectivity index (χ1n) is 5.90. The van der Waals surface area contributed by atoms with E-state index in [1.54, 1.807) is 18.5 Å². The van der Waals surface area contributed by atoms with Crippen molar-refractivity contribution in [1.82, 2.24) is 4.98 Å². The zero-order valence-corrected chi connectivity index (χ0v) is 11.9. The lowest BCUT2D eigenvalue weighted by Gasteiger charge is -2.07. The third kappa shape index (κ3) is 3.21. The average molecular weight is 290 g/mol. The molecular formula is C14H14N2O3S. The molecule has 5 nitrogen and oxygen atoms in total. The first-order valence-corrected chi connectivity index (χ1v) is 7.79. The number of nitrogens with one attached hydrogen (secondary N) is 1. The van der Waals surface area contributed by atoms with Crippen LogP contribution < -0.4 is 5.32 Å². The van der Waals surface area contributed by atoms with Gasteiger partial charge in [0.1, 0.15) is 0 Å². The van der Waals surface area contributed by atoms with Gasteiger partial charge in [0.15, 0.2) is 9.84 Å². The van der Waals surface area contributed by atoms with E-state index in [0.717, 1.165) is 11.8 Å². The Labute approximate surface area is 117 Å². The number of sulfone groups is 1. The Hall–Kier alpha value is -2.21. The highest BCUT2D eigenvalue weighted by Crippen LogP contribution is 2.15. The molecule has 20 heavy (non-hydrogen) atoms. The molecule has 0 atom stereocenters. The maximum atomic E-state index is 12.0. The summed E-state index contributed by atoms with van der Waals surface area (Å²) in [5.41, 5.74) is 1.92. The molecule has 1 N–H and O–H groups in total. The van der Waals surface area contributed by atoms with Gasteiger partial charge >= 0.3 is 0 Å². The number of aromatic nitrogens is 1. The quantitative estimate of drug-likeness (QED) is 0.938. The van der Waals surface area contributed by atoms with Gasteiger partial charge in [-0.3, -0.25) is 9.78 Å². The molecule has 0 radical (unpaired) electrons. The van der Waals surface area contributed by atoms with Crippen molar-refractivity contribution in [2.24, 2.45) is 0 Å². The van der Waals surface area contributed by atoms with Crippen molar-refractivity contribution in [2.75, 3.05) is 11.6 Å². The number of aryl methyl sites for hydroxylation is 1. The molecule has 104 valence electrons. The van der Waals surface area contributed by atoms with Crippen LogP contribution in [0.5, 0.6) is 0 Å². The van der Waals surface area contributed by atoms with Crippen molar-refractivity contribution in [3.05, 3.63) is 53.9 Å². The molecule has 0 saturated carbocycles. The number of hydrogen-bond donors (Lipinski definition) is 1. The standard InChI is InChI=1S/C14H14N2O3S/c1-10-7-8-15-9-13(10)16-14(17)11-3-5-12(6-4-11)20(2,18)19/h3-9H,1-2H3,(H,16,17). The van der Waals surface area contributed by atoms with Crippen LogP contribution in [0.15, 0.2) is 47.6 Å². The molecule has 0 unspecified atom stereocenters. The maximum Gasteiger partial charge on any atom is 0.255 e. The summed E-state index contributed by atoms with van der Waals surface area (Å²) in [6, 6.07) is 7.60. The van der Waals surface area contributed by atoms with E-state index in [9.17, 15) is 13.2 Å². The summed E-state index contributed by atoms with van der Waals surface area (Å²) in [7, 11) is -3.25. The van der Waals surface area contributed by atoms with Crippen LogP contribution in [0.1, 0.15) is 15.9 Å². The molecule has 1 heterocycles. The van der Waals surface area contributed by atoms with Crippen LogP contribution in [-0.2, 0) is 9.84 Å². The zero-order chi connectivity index (χ0) is 14.8. The third-order valence-corrected chi connectivity index (χ3v) is 3.96. The van der Waals surface area contributed by atoms with Gasteiger partial charge in [-0.25, -0.2) is 8.42 Å². The Kier molecular flexibility index (Phi) is 3.85. The first kappa shape index (κ1) is 14.2. The summed E-state index contributed by atoms with van der Waals surface area (Å²) in [5.74, 6) is -0.304. The largest absolute Gasteiger partial charge is 0.320 e. The van der Waals surface area contributed by atoms with Gasteiger partial charge in [0.2, 0.25) is 0 Å². The Bertz CT molecular complexity index is 737. The summed E-state index contributed by atoms with van der Waals surface area (Å²) in [5, 5.41) is 2.73. The van der Waals surface area contributed by atoms with E-state index in [4.69, 9.17) is 0 Å². The zero-order valence-electron chi connectivity index (χ0n) is 11.1. The van der Waals surface area contributed by atoms with Crippen LogP contribution in [0.25, 0.3) is 0 Å². The number of rotatable bonds is 3. The predicted molar refractivity (Wildman–Crippen MR) is 76.5 cm³/mol. The average Bonchev–Trinajstić information content (AvgIpc) is 2.40. The Morgan fingerprint density at radius 3 is 2.35 bits per heavy atom. The summed E-state index contributed by atoms with van der Waals surface area (Å²) in [6.07, 6.45) is 4.34. The van der Waals surface area contributed by atoms with Crippen LogP contribution >= 0.6 is 0 Å². The predicted octanol–water partition coefficient (Wildman–Crippen LogP) is 2.05. The second kappa shape index (κ2) is 5.42. The molecule has 0 bridgehead atoms. The van der Waals surface area contributed by atoms with E-state index in [-0.39, 0.29) is 10.8 Å². The highest BCUT2D eigenvalue weighted by Gasteiger charge is 2.10. The highest BCUT2D eigenvalue weighted by molar-refractivity contribution is 7.90. The van der Waals surface area contributed by atoms with Crippen molar-refractivity contribution in [3.63, 3.8) is 0 Å². The van der Waals surface area contributed by atoms with E-state index in [1.807, 2.05) is 6.92 Å². The fourth-order valence-electron chi connectivity index (χ4n) is 1.64. The molecule has 2 aromatic rings. The Balaban J connectivity index is 2.20. The minimum absolute atomic E-state index is 0.187. The van der Waals surface area contributed by atoms with Crippen LogP contribution in [0.4, 0.5) is 5.69 Å². The molecule has 6 heteroatoms. The monoisotopic (exact) mass is 290 g/mol. The van der Waals surface area contributed by atoms with Crippen LogP contribution in [0.3, 0.4) is 0 Å². The number of nitrogens with zero attached hydrogens (tertiary/aromatic N) is 1. The Morgan fingerprint density at radius 1 is 1.15 bits per heavy atom. The summed E-state index contributed by atoms with van der Waals surface area (Å²) < 4.78 is 22.7. The fourth-order valence-corrected chi connectivity index (χ4v) is 2.27. The van der Waals surface area contributed by atoms with Crippen molar-refractivity contribution in [1.29, 1.82) is 0 Å². The molecule has 0 saturated heterocycles. The minimum atomic E-state index is -3.25. The number of anilines is 1. The summed E-state index contributed by atoms with van der Waals surface area (Å²) in [4.78, 5) is 16.2. The SMILES string of the molecule is Cc1ccncc1NC(=O)c1ccc(S(C)(=O)=O)cc1. The van der Waals surface area contributed by atoms with Crippen molar-refractivity contribution < 1.29 is 13.2 Å². The molecule has 1 amide bonds. The maximum absolute atomic E-state index is 12.0. The van der Waals surface area contributed by atoms with Gasteiger partial charge in [-0.05, 0) is 42.8 Å². The van der Waals surface area contributed by atoms with Crippen LogP contribution in [-0.4, -0.2) is 25.6 Å². The van der Waals surface area contributed by atoms with Crippen LogP contribution in [0.2, 0.25) is 0 Å². The van der Waals surface area contributed by atoms with Crippen LogP contribution in [0, 0.1) is 6.92 Å². The van der Waals surface area contributed by atoms with Crippen molar-refractivity contribution in [2.45, 2.75) is 11.8 Å². The molecule has 1 aromatic carbocycles. The van der Waals surface area contributed by atoms with Crippen molar-refractivity contribution in [3.8, 4) is 0 Å². The first-order chi connectivity index (χ1) is 9.38. The van der Waals surface area contributed by atoms with Gasteiger partial charge in [-0.1, -0.05) is 0 Å². The molecule has 0 aliphatic rings. The van der Waals surface area contributed by atoms with Gasteiger partial charge in [-0.2, -0.15) is 0 Å². The number of amides is 1. The number of benzene rings is 1. The molecule has 1 aromatic heterocycles. The number of carbonyl (C=O) groups excluding carboxylic acids is 1. The second-order valence-electron chi connectivity index (χ2n) is 4.44. The van der Waals surface area contributed by atoms with E-state index in [2.05, 4.69) is 10.3 Å². The lowest BCUT2D eigenvalue weighted by molar-refractivity contribution is 0.102. The topological polar surface area (TPSA) is 76.1 Å². The van der Waals surface area contributed by atoms with Gasteiger partial charge in [0, 0.05) is 18.0 Å². The normalized spacial score (nSPS) is 11.1.